The molecule has 0 N–H and O–H groups in total. The molecule has 1 fully saturated rings. The van der Waals surface area contributed by atoms with Crippen molar-refractivity contribution in [1.82, 2.24) is 19.9 Å². The molecular weight excluding hydrogens is 787 g/mol. The first-order valence-corrected chi connectivity index (χ1v) is 20.6. The Morgan fingerprint density at radius 1 is 0.491 bits per heavy atom. The van der Waals surface area contributed by atoms with Crippen molar-refractivity contribution in [3.8, 4) is 55.9 Å². The molecule has 0 unspecified atom stereocenters. The molecular formula is C48H36BBrN4O2S. The van der Waals surface area contributed by atoms with Crippen LogP contribution in [-0.4, -0.2) is 38.3 Å². The van der Waals surface area contributed by atoms with Gasteiger partial charge in [0.25, 0.3) is 0 Å². The summed E-state index contributed by atoms with van der Waals surface area (Å²) in [5.41, 5.74) is 7.10. The fourth-order valence-electron chi connectivity index (χ4n) is 7.50. The third kappa shape index (κ3) is 6.35. The van der Waals surface area contributed by atoms with Gasteiger partial charge in [-0.05, 0) is 72.6 Å². The second kappa shape index (κ2) is 13.8. The molecule has 57 heavy (non-hydrogen) atoms. The lowest BCUT2D eigenvalue weighted by molar-refractivity contribution is 0.00578. The van der Waals surface area contributed by atoms with Crippen molar-refractivity contribution in [2.45, 2.75) is 38.9 Å². The summed E-state index contributed by atoms with van der Waals surface area (Å²) in [6, 6.07) is 50.2. The molecule has 0 aliphatic carbocycles. The number of fused-ring (bicyclic) bond motifs is 4. The molecule has 0 amide bonds. The molecule has 3 heterocycles. The number of benzene rings is 7. The molecule has 7 aromatic carbocycles. The monoisotopic (exact) mass is 822 g/mol. The predicted octanol–water partition coefficient (Wildman–Crippen LogP) is 12.2. The molecule has 0 saturated carbocycles. The first-order chi connectivity index (χ1) is 27.6. The number of nitrogens with zero attached hydrogens (tertiary/aromatic N) is 4. The summed E-state index contributed by atoms with van der Waals surface area (Å²) in [6.45, 7) is 8.36. The van der Waals surface area contributed by atoms with Gasteiger partial charge in [-0.25, -0.2) is 19.9 Å². The van der Waals surface area contributed by atoms with E-state index in [1.165, 1.54) is 0 Å². The zero-order valence-corrected chi connectivity index (χ0v) is 34.2. The summed E-state index contributed by atoms with van der Waals surface area (Å²) in [7, 11) is -0.472. The zero-order chi connectivity index (χ0) is 38.9. The van der Waals surface area contributed by atoms with Crippen LogP contribution in [0.2, 0.25) is 0 Å². The van der Waals surface area contributed by atoms with Gasteiger partial charge >= 0.3 is 7.12 Å². The Morgan fingerprint density at radius 3 is 1.77 bits per heavy atom. The molecule has 0 radical (unpaired) electrons. The smallest absolute Gasteiger partial charge is 0.399 e. The molecule has 2 aromatic heterocycles. The minimum atomic E-state index is -0.472. The summed E-state index contributed by atoms with van der Waals surface area (Å²) >= 11 is 5.45. The van der Waals surface area contributed by atoms with Gasteiger partial charge in [0, 0.05) is 32.1 Å². The number of hydrogen-bond donors (Lipinski definition) is 0. The van der Waals surface area contributed by atoms with Crippen LogP contribution in [0.1, 0.15) is 27.7 Å². The van der Waals surface area contributed by atoms with E-state index in [1.807, 2.05) is 48.5 Å². The Hall–Kier alpha value is -5.58. The molecule has 9 heteroatoms. The van der Waals surface area contributed by atoms with Crippen LogP contribution in [0.4, 0.5) is 0 Å². The van der Waals surface area contributed by atoms with Crippen molar-refractivity contribution in [2.24, 2.45) is 0 Å². The third-order valence-corrected chi connectivity index (χ3v) is 13.1. The Morgan fingerprint density at radius 2 is 1.07 bits per heavy atom. The van der Waals surface area contributed by atoms with Crippen molar-refractivity contribution >= 4 is 71.6 Å². The average molecular weight is 824 g/mol. The molecule has 0 spiro atoms. The number of rotatable bonds is 6. The van der Waals surface area contributed by atoms with Gasteiger partial charge < -0.3 is 9.31 Å². The lowest BCUT2D eigenvalue weighted by Gasteiger charge is -2.32. The van der Waals surface area contributed by atoms with Gasteiger partial charge in [0.05, 0.1) is 21.4 Å². The van der Waals surface area contributed by atoms with Crippen LogP contribution >= 0.6 is 27.3 Å². The van der Waals surface area contributed by atoms with E-state index in [0.717, 1.165) is 80.1 Å². The van der Waals surface area contributed by atoms with Gasteiger partial charge in [0.15, 0.2) is 17.5 Å². The number of thiazole rings is 1. The van der Waals surface area contributed by atoms with Gasteiger partial charge in [-0.15, -0.1) is 11.3 Å². The fourth-order valence-corrected chi connectivity index (χ4v) is 9.08. The maximum atomic E-state index is 6.50. The molecule has 9 aromatic rings. The Labute approximate surface area is 343 Å². The molecule has 276 valence electrons. The van der Waals surface area contributed by atoms with Crippen molar-refractivity contribution in [3.05, 3.63) is 150 Å². The maximum absolute atomic E-state index is 6.50. The summed E-state index contributed by atoms with van der Waals surface area (Å²) in [5.74, 6) is 1.86. The van der Waals surface area contributed by atoms with E-state index >= 15 is 0 Å². The van der Waals surface area contributed by atoms with Crippen LogP contribution in [-0.2, 0) is 9.31 Å². The van der Waals surface area contributed by atoms with E-state index in [2.05, 4.69) is 141 Å². The van der Waals surface area contributed by atoms with E-state index in [-0.39, 0.29) is 0 Å². The average Bonchev–Trinajstić information content (AvgIpc) is 3.77. The molecule has 1 saturated heterocycles. The van der Waals surface area contributed by atoms with Crippen LogP contribution in [0, 0.1) is 0 Å². The SMILES string of the molecule is CC1(C)OB(c2ccc3c(-c4ccc(-c5nc(-c6ccccc6)nc(-c6cccc7c(Br)cccc67)n5)cc4)cc4nc(-c5ccccc5)sc4c3c2)OC1(C)C. The lowest BCUT2D eigenvalue weighted by Crippen LogP contribution is -2.41. The van der Waals surface area contributed by atoms with Crippen LogP contribution in [0.5, 0.6) is 0 Å². The molecule has 10 rings (SSSR count). The molecule has 6 nitrogen and oxygen atoms in total. The second-order valence-electron chi connectivity index (χ2n) is 15.4. The highest BCUT2D eigenvalue weighted by molar-refractivity contribution is 9.10. The predicted molar refractivity (Wildman–Crippen MR) is 239 cm³/mol. The van der Waals surface area contributed by atoms with Gasteiger partial charge in [-0.2, -0.15) is 0 Å². The quantitative estimate of drug-likeness (QED) is 0.156. The van der Waals surface area contributed by atoms with Crippen LogP contribution in [0.15, 0.2) is 150 Å². The highest BCUT2D eigenvalue weighted by Crippen LogP contribution is 2.42. The van der Waals surface area contributed by atoms with Crippen LogP contribution in [0.25, 0.3) is 87.6 Å². The van der Waals surface area contributed by atoms with Gasteiger partial charge in [0.2, 0.25) is 0 Å². The minimum Gasteiger partial charge on any atom is -0.399 e. The van der Waals surface area contributed by atoms with Gasteiger partial charge in [-0.1, -0.05) is 149 Å². The van der Waals surface area contributed by atoms with Crippen LogP contribution < -0.4 is 5.46 Å². The molecule has 1 aliphatic heterocycles. The highest BCUT2D eigenvalue weighted by atomic mass is 79.9. The maximum Gasteiger partial charge on any atom is 0.494 e. The molecule has 1 aliphatic rings. The standard InChI is InChI=1S/C48H36BBrN4O2S/c1-47(2)48(3,4)56-49(55-47)33-25-26-35-38(28-41-42(39(35)27-33)57-46(51-41)32-15-9-6-10-16-32)29-21-23-31(24-22-29)44-52-43(30-13-7-5-8-14-30)53-45(54-44)37-19-11-18-36-34(37)17-12-20-40(36)50/h5-28H,1-4H3. The first-order valence-electron chi connectivity index (χ1n) is 19.0. The molecule has 0 atom stereocenters. The summed E-state index contributed by atoms with van der Waals surface area (Å²) < 4.78 is 15.2. The second-order valence-corrected chi connectivity index (χ2v) is 17.3. The van der Waals surface area contributed by atoms with E-state index < -0.39 is 18.3 Å². The van der Waals surface area contributed by atoms with Crippen molar-refractivity contribution < 1.29 is 9.31 Å². The minimum absolute atomic E-state index is 0.441. The summed E-state index contributed by atoms with van der Waals surface area (Å²) in [5, 5.41) is 5.41. The summed E-state index contributed by atoms with van der Waals surface area (Å²) in [4.78, 5) is 20.3. The van der Waals surface area contributed by atoms with Gasteiger partial charge in [0.1, 0.15) is 5.01 Å². The fraction of sp³-hybridized carbons (Fsp3) is 0.125. The van der Waals surface area contributed by atoms with E-state index in [1.54, 1.807) is 11.3 Å². The van der Waals surface area contributed by atoms with Crippen molar-refractivity contribution in [1.29, 1.82) is 0 Å². The van der Waals surface area contributed by atoms with Crippen molar-refractivity contribution in [2.75, 3.05) is 0 Å². The number of hydrogen-bond acceptors (Lipinski definition) is 7. The largest absolute Gasteiger partial charge is 0.494 e. The van der Waals surface area contributed by atoms with Crippen LogP contribution in [0.3, 0.4) is 0 Å². The number of halogens is 1. The van der Waals surface area contributed by atoms with E-state index in [4.69, 9.17) is 29.2 Å². The Bertz CT molecular complexity index is 2970. The first kappa shape index (κ1) is 35.8. The van der Waals surface area contributed by atoms with Crippen molar-refractivity contribution in [3.63, 3.8) is 0 Å². The third-order valence-electron chi connectivity index (χ3n) is 11.3. The number of aromatic nitrogens is 4. The molecule has 0 bridgehead atoms. The highest BCUT2D eigenvalue weighted by Gasteiger charge is 2.51. The Kier molecular flexibility index (Phi) is 8.68. The normalized spacial score (nSPS) is 14.9. The zero-order valence-electron chi connectivity index (χ0n) is 31.8. The van der Waals surface area contributed by atoms with E-state index in [9.17, 15) is 0 Å². The summed E-state index contributed by atoms with van der Waals surface area (Å²) in [6.07, 6.45) is 0. The Balaban J connectivity index is 1.10. The lowest BCUT2D eigenvalue weighted by atomic mass is 9.78. The van der Waals surface area contributed by atoms with E-state index in [0.29, 0.717) is 17.5 Å². The van der Waals surface area contributed by atoms with Gasteiger partial charge in [-0.3, -0.25) is 0 Å². The topological polar surface area (TPSA) is 70.0 Å².